The lowest BCUT2D eigenvalue weighted by Crippen LogP contribution is -2.47. The molecule has 2 unspecified atom stereocenters. The Balaban J connectivity index is 2.21. The number of rotatable bonds is 2. The molecule has 3 heteroatoms. The van der Waals surface area contributed by atoms with Crippen LogP contribution in [0.25, 0.3) is 0 Å². The predicted molar refractivity (Wildman–Crippen MR) is 55.5 cm³/mol. The first-order valence-corrected chi connectivity index (χ1v) is 5.21. The highest BCUT2D eigenvalue weighted by atomic mass is 79.9. The number of aliphatic hydroxyl groups is 1. The van der Waals surface area contributed by atoms with E-state index in [-0.39, 0.29) is 6.61 Å². The van der Waals surface area contributed by atoms with Crippen LogP contribution in [0, 0.1) is 5.92 Å². The van der Waals surface area contributed by atoms with Gasteiger partial charge in [0.2, 0.25) is 0 Å². The van der Waals surface area contributed by atoms with Gasteiger partial charge in [0.05, 0.1) is 0 Å². The smallest absolute Gasteiger partial charge is 0.0489 e. The lowest BCUT2D eigenvalue weighted by Gasteiger charge is -2.37. The molecule has 0 bridgehead atoms. The number of aliphatic hydroxyl groups excluding tert-OH is 1. The van der Waals surface area contributed by atoms with Gasteiger partial charge in [0.1, 0.15) is 0 Å². The maximum atomic E-state index is 9.05. The molecular formula is C10H12BrNO. The van der Waals surface area contributed by atoms with Gasteiger partial charge in [-0.15, -0.1) is 0 Å². The Morgan fingerprint density at radius 2 is 2.23 bits per heavy atom. The Morgan fingerprint density at radius 1 is 1.46 bits per heavy atom. The molecule has 1 heterocycles. The lowest BCUT2D eigenvalue weighted by atomic mass is 9.87. The van der Waals surface area contributed by atoms with E-state index in [9.17, 15) is 0 Å². The summed E-state index contributed by atoms with van der Waals surface area (Å²) in [5.74, 6) is 0.374. The average molecular weight is 242 g/mol. The van der Waals surface area contributed by atoms with Crippen LogP contribution in [0.2, 0.25) is 0 Å². The van der Waals surface area contributed by atoms with Gasteiger partial charge < -0.3 is 10.4 Å². The summed E-state index contributed by atoms with van der Waals surface area (Å²) in [6.45, 7) is 1.18. The maximum absolute atomic E-state index is 9.05. The predicted octanol–water partition coefficient (Wildman–Crippen LogP) is 1.70. The minimum Gasteiger partial charge on any atom is -0.396 e. The van der Waals surface area contributed by atoms with Gasteiger partial charge in [-0.3, -0.25) is 0 Å². The number of hydrogen-bond donors (Lipinski definition) is 2. The molecule has 2 atom stereocenters. The Labute approximate surface area is 86.1 Å². The Morgan fingerprint density at radius 3 is 2.77 bits per heavy atom. The molecule has 1 aromatic rings. The lowest BCUT2D eigenvalue weighted by molar-refractivity contribution is 0.128. The molecule has 1 aliphatic rings. The van der Waals surface area contributed by atoms with Crippen LogP contribution in [0.1, 0.15) is 11.6 Å². The van der Waals surface area contributed by atoms with E-state index in [2.05, 4.69) is 27.3 Å². The molecule has 0 radical (unpaired) electrons. The third kappa shape index (κ3) is 1.64. The number of benzene rings is 1. The van der Waals surface area contributed by atoms with Crippen LogP contribution < -0.4 is 5.32 Å². The summed E-state index contributed by atoms with van der Waals surface area (Å²) in [7, 11) is 0. The van der Waals surface area contributed by atoms with Crippen LogP contribution >= 0.6 is 15.9 Å². The molecule has 1 aliphatic heterocycles. The molecule has 70 valence electrons. The van der Waals surface area contributed by atoms with E-state index < -0.39 is 0 Å². The van der Waals surface area contributed by atoms with Crippen molar-refractivity contribution in [2.45, 2.75) is 6.04 Å². The first-order chi connectivity index (χ1) is 6.33. The number of halogens is 1. The van der Waals surface area contributed by atoms with Crippen LogP contribution in [0.3, 0.4) is 0 Å². The van der Waals surface area contributed by atoms with Gasteiger partial charge in [-0.2, -0.15) is 0 Å². The molecule has 0 aromatic heterocycles. The first-order valence-electron chi connectivity index (χ1n) is 4.41. The van der Waals surface area contributed by atoms with Crippen LogP contribution in [0.5, 0.6) is 0 Å². The molecule has 0 spiro atoms. The molecule has 0 aliphatic carbocycles. The Kier molecular flexibility index (Phi) is 2.67. The fraction of sp³-hybridized carbons (Fsp3) is 0.400. The Hall–Kier alpha value is -0.380. The van der Waals surface area contributed by atoms with Crippen LogP contribution in [0.15, 0.2) is 28.7 Å². The fourth-order valence-corrected chi connectivity index (χ4v) is 2.19. The average Bonchev–Trinajstić information content (AvgIpc) is 2.08. The van der Waals surface area contributed by atoms with Gasteiger partial charge in [0, 0.05) is 29.6 Å². The SMILES string of the molecule is OCC1CNC1c1ccccc1Br. The van der Waals surface area contributed by atoms with Crippen molar-refractivity contribution in [3.63, 3.8) is 0 Å². The zero-order valence-electron chi connectivity index (χ0n) is 7.20. The van der Waals surface area contributed by atoms with E-state index >= 15 is 0 Å². The fourth-order valence-electron chi connectivity index (χ4n) is 1.66. The highest BCUT2D eigenvalue weighted by Crippen LogP contribution is 2.33. The van der Waals surface area contributed by atoms with Crippen molar-refractivity contribution in [1.82, 2.24) is 5.32 Å². The summed E-state index contributed by atoms with van der Waals surface area (Å²) in [5, 5.41) is 12.4. The summed E-state index contributed by atoms with van der Waals surface area (Å²) in [6, 6.07) is 8.46. The van der Waals surface area contributed by atoms with E-state index in [4.69, 9.17) is 5.11 Å². The van der Waals surface area contributed by atoms with Crippen molar-refractivity contribution < 1.29 is 5.11 Å². The molecule has 1 fully saturated rings. The summed E-state index contributed by atoms with van der Waals surface area (Å²) >= 11 is 3.51. The minimum atomic E-state index is 0.263. The van der Waals surface area contributed by atoms with Crippen LogP contribution in [-0.2, 0) is 0 Å². The van der Waals surface area contributed by atoms with Crippen LogP contribution in [-0.4, -0.2) is 18.3 Å². The highest BCUT2D eigenvalue weighted by Gasteiger charge is 2.31. The van der Waals surface area contributed by atoms with Crippen molar-refractivity contribution in [2.24, 2.45) is 5.92 Å². The van der Waals surface area contributed by atoms with E-state index in [1.165, 1.54) is 5.56 Å². The van der Waals surface area contributed by atoms with Crippen molar-refractivity contribution in [1.29, 1.82) is 0 Å². The first kappa shape index (κ1) is 9.19. The summed E-state index contributed by atoms with van der Waals surface area (Å²) < 4.78 is 1.12. The van der Waals surface area contributed by atoms with Gasteiger partial charge in [0.25, 0.3) is 0 Å². The largest absolute Gasteiger partial charge is 0.396 e. The molecule has 2 nitrogen and oxygen atoms in total. The molecule has 0 amide bonds. The van der Waals surface area contributed by atoms with Crippen LogP contribution in [0.4, 0.5) is 0 Å². The monoisotopic (exact) mass is 241 g/mol. The zero-order valence-corrected chi connectivity index (χ0v) is 8.79. The van der Waals surface area contributed by atoms with E-state index in [1.807, 2.05) is 18.2 Å². The second-order valence-corrected chi connectivity index (χ2v) is 4.20. The molecular weight excluding hydrogens is 230 g/mol. The second kappa shape index (κ2) is 3.78. The normalized spacial score (nSPS) is 26.9. The van der Waals surface area contributed by atoms with Crippen molar-refractivity contribution >= 4 is 15.9 Å². The third-order valence-electron chi connectivity index (χ3n) is 2.55. The highest BCUT2D eigenvalue weighted by molar-refractivity contribution is 9.10. The summed E-state index contributed by atoms with van der Waals surface area (Å²) in [4.78, 5) is 0. The minimum absolute atomic E-state index is 0.263. The summed E-state index contributed by atoms with van der Waals surface area (Å²) in [5.41, 5.74) is 1.24. The zero-order chi connectivity index (χ0) is 9.26. The van der Waals surface area contributed by atoms with Gasteiger partial charge in [-0.25, -0.2) is 0 Å². The van der Waals surface area contributed by atoms with E-state index in [1.54, 1.807) is 0 Å². The molecule has 1 aromatic carbocycles. The van der Waals surface area contributed by atoms with Crippen molar-refractivity contribution in [3.8, 4) is 0 Å². The van der Waals surface area contributed by atoms with Crippen molar-refractivity contribution in [2.75, 3.05) is 13.2 Å². The van der Waals surface area contributed by atoms with Gasteiger partial charge in [0.15, 0.2) is 0 Å². The molecule has 2 N–H and O–H groups in total. The molecule has 1 saturated heterocycles. The van der Waals surface area contributed by atoms with Crippen molar-refractivity contribution in [3.05, 3.63) is 34.3 Å². The van der Waals surface area contributed by atoms with Gasteiger partial charge in [-0.05, 0) is 11.6 Å². The third-order valence-corrected chi connectivity index (χ3v) is 3.27. The standard InChI is InChI=1S/C10H12BrNO/c11-9-4-2-1-3-8(9)10-7(6-13)5-12-10/h1-4,7,10,12-13H,5-6H2. The number of nitrogens with one attached hydrogen (secondary N) is 1. The topological polar surface area (TPSA) is 32.3 Å². The quantitative estimate of drug-likeness (QED) is 0.827. The molecule has 0 saturated carbocycles. The van der Waals surface area contributed by atoms with Gasteiger partial charge >= 0.3 is 0 Å². The van der Waals surface area contributed by atoms with Gasteiger partial charge in [-0.1, -0.05) is 34.1 Å². The van der Waals surface area contributed by atoms with E-state index in [0.717, 1.165) is 11.0 Å². The summed E-state index contributed by atoms with van der Waals surface area (Å²) in [6.07, 6.45) is 0. The Bertz CT molecular complexity index is 301. The van der Waals surface area contributed by atoms with E-state index in [0.29, 0.717) is 12.0 Å². The molecule has 2 rings (SSSR count). The molecule has 13 heavy (non-hydrogen) atoms. The maximum Gasteiger partial charge on any atom is 0.0489 e. The number of hydrogen-bond acceptors (Lipinski definition) is 2. The second-order valence-electron chi connectivity index (χ2n) is 3.35.